The van der Waals surface area contributed by atoms with Crippen LogP contribution in [0.15, 0.2) is 41.2 Å². The van der Waals surface area contributed by atoms with E-state index in [-0.39, 0.29) is 24.7 Å². The van der Waals surface area contributed by atoms with Crippen molar-refractivity contribution in [1.82, 2.24) is 4.57 Å². The van der Waals surface area contributed by atoms with Gasteiger partial charge in [0, 0.05) is 28.9 Å². The topological polar surface area (TPSA) is 39.1 Å². The molecule has 0 saturated carbocycles. The number of carbonyl (C=O) groups excluding carboxylic acids is 1. The first-order valence-electron chi connectivity index (χ1n) is 7.47. The number of nitrogens with zero attached hydrogens (tertiary/aromatic N) is 1. The first kappa shape index (κ1) is 16.2. The summed E-state index contributed by atoms with van der Waals surface area (Å²) in [6.45, 7) is 3.98. The van der Waals surface area contributed by atoms with Gasteiger partial charge in [0.2, 0.25) is 0 Å². The maximum absolute atomic E-state index is 12.8. The minimum absolute atomic E-state index is 0. The van der Waals surface area contributed by atoms with E-state index in [0.29, 0.717) is 12.0 Å². The fourth-order valence-electron chi connectivity index (χ4n) is 2.98. The predicted octanol–water partition coefficient (Wildman–Crippen LogP) is 4.12. The van der Waals surface area contributed by atoms with E-state index in [1.807, 2.05) is 50.2 Å². The Morgan fingerprint density at radius 1 is 1.05 bits per heavy atom. The van der Waals surface area contributed by atoms with Crippen molar-refractivity contribution < 1.29 is 4.79 Å². The lowest BCUT2D eigenvalue weighted by Gasteiger charge is -2.22. The third kappa shape index (κ3) is 2.63. The normalized spacial score (nSPS) is 13.7. The minimum Gasteiger partial charge on any atom is -0.294 e. The molecule has 0 spiro atoms. The van der Waals surface area contributed by atoms with Gasteiger partial charge in [0.05, 0.1) is 0 Å². The molecule has 3 rings (SSSR count). The van der Waals surface area contributed by atoms with E-state index in [4.69, 9.17) is 0 Å². The Labute approximate surface area is 131 Å². The molecule has 0 radical (unpaired) electrons. The average Bonchev–Trinajstić information content (AvgIpc) is 2.47. The maximum Gasteiger partial charge on any atom is 0.258 e. The SMILES string of the molecule is C.CC(C)c1cc2c(n(-c3ccccc3)c1=O)CCCC2=O. The quantitative estimate of drug-likeness (QED) is 0.836. The van der Waals surface area contributed by atoms with Gasteiger partial charge < -0.3 is 0 Å². The molecule has 0 fully saturated rings. The van der Waals surface area contributed by atoms with Crippen molar-refractivity contribution in [3.63, 3.8) is 0 Å². The Morgan fingerprint density at radius 3 is 2.36 bits per heavy atom. The lowest BCUT2D eigenvalue weighted by atomic mass is 9.91. The van der Waals surface area contributed by atoms with Crippen molar-refractivity contribution in [1.29, 1.82) is 0 Å². The van der Waals surface area contributed by atoms with Gasteiger partial charge >= 0.3 is 0 Å². The molecule has 3 nitrogen and oxygen atoms in total. The molecular weight excluding hydrogens is 274 g/mol. The number of benzene rings is 1. The lowest BCUT2D eigenvalue weighted by Crippen LogP contribution is -2.30. The summed E-state index contributed by atoms with van der Waals surface area (Å²) in [4.78, 5) is 25.1. The van der Waals surface area contributed by atoms with E-state index in [1.54, 1.807) is 4.57 Å². The van der Waals surface area contributed by atoms with Crippen molar-refractivity contribution in [3.05, 3.63) is 63.6 Å². The Balaban J connectivity index is 0.00000176. The lowest BCUT2D eigenvalue weighted by molar-refractivity contribution is 0.0970. The second-order valence-electron chi connectivity index (χ2n) is 5.87. The van der Waals surface area contributed by atoms with E-state index in [0.717, 1.165) is 29.8 Å². The number of hydrogen-bond acceptors (Lipinski definition) is 2. The molecule has 1 aromatic carbocycles. The molecule has 1 aromatic heterocycles. The number of pyridine rings is 1. The summed E-state index contributed by atoms with van der Waals surface area (Å²) in [5.74, 6) is 0.260. The smallest absolute Gasteiger partial charge is 0.258 e. The molecule has 116 valence electrons. The van der Waals surface area contributed by atoms with Gasteiger partial charge in [-0.1, -0.05) is 39.5 Å². The van der Waals surface area contributed by atoms with Crippen molar-refractivity contribution in [2.45, 2.75) is 46.5 Å². The Hall–Kier alpha value is -2.16. The Kier molecular flexibility index (Phi) is 4.65. The molecule has 2 aromatic rings. The van der Waals surface area contributed by atoms with Crippen molar-refractivity contribution >= 4 is 5.78 Å². The molecule has 3 heteroatoms. The van der Waals surface area contributed by atoms with Crippen LogP contribution < -0.4 is 5.56 Å². The highest BCUT2D eigenvalue weighted by atomic mass is 16.1. The number of Topliss-reactive ketones (excluding diaryl/α,β-unsaturated/α-hetero) is 1. The van der Waals surface area contributed by atoms with Gasteiger partial charge in [0.25, 0.3) is 5.56 Å². The van der Waals surface area contributed by atoms with Gasteiger partial charge in [-0.15, -0.1) is 0 Å². The van der Waals surface area contributed by atoms with Crippen LogP contribution in [0.2, 0.25) is 0 Å². The van der Waals surface area contributed by atoms with Crippen molar-refractivity contribution in [3.8, 4) is 5.69 Å². The molecule has 0 saturated heterocycles. The second kappa shape index (κ2) is 6.30. The summed E-state index contributed by atoms with van der Waals surface area (Å²) in [5.41, 5.74) is 3.16. The Bertz CT molecular complexity index is 742. The van der Waals surface area contributed by atoms with Crippen LogP contribution in [0.3, 0.4) is 0 Å². The summed E-state index contributed by atoms with van der Waals surface area (Å²) in [5, 5.41) is 0. The first-order chi connectivity index (χ1) is 10.1. The molecule has 1 aliphatic rings. The average molecular weight is 297 g/mol. The van der Waals surface area contributed by atoms with Gasteiger partial charge in [-0.3, -0.25) is 14.2 Å². The zero-order chi connectivity index (χ0) is 15.0. The van der Waals surface area contributed by atoms with E-state index in [9.17, 15) is 9.59 Å². The minimum atomic E-state index is 0. The number of carbonyl (C=O) groups is 1. The van der Waals surface area contributed by atoms with Gasteiger partial charge in [0.15, 0.2) is 5.78 Å². The van der Waals surface area contributed by atoms with Crippen LogP contribution in [-0.4, -0.2) is 10.4 Å². The molecule has 0 unspecified atom stereocenters. The van der Waals surface area contributed by atoms with Crippen molar-refractivity contribution in [2.75, 3.05) is 0 Å². The number of fused-ring (bicyclic) bond motifs is 1. The molecule has 0 atom stereocenters. The van der Waals surface area contributed by atoms with Crippen LogP contribution >= 0.6 is 0 Å². The van der Waals surface area contributed by atoms with Gasteiger partial charge in [0.1, 0.15) is 0 Å². The molecule has 22 heavy (non-hydrogen) atoms. The largest absolute Gasteiger partial charge is 0.294 e. The summed E-state index contributed by atoms with van der Waals surface area (Å²) >= 11 is 0. The molecule has 0 aliphatic heterocycles. The molecule has 0 N–H and O–H groups in total. The molecule has 1 aliphatic carbocycles. The highest BCUT2D eigenvalue weighted by Gasteiger charge is 2.24. The molecule has 0 bridgehead atoms. The number of ketones is 1. The Morgan fingerprint density at radius 2 is 1.73 bits per heavy atom. The number of aromatic nitrogens is 1. The zero-order valence-electron chi connectivity index (χ0n) is 12.4. The van der Waals surface area contributed by atoms with Crippen LogP contribution in [0.25, 0.3) is 5.69 Å². The fraction of sp³-hybridized carbons (Fsp3) is 0.368. The molecule has 0 amide bonds. The van der Waals surface area contributed by atoms with E-state index in [1.165, 1.54) is 0 Å². The third-order valence-electron chi connectivity index (χ3n) is 4.08. The zero-order valence-corrected chi connectivity index (χ0v) is 12.4. The van der Waals surface area contributed by atoms with Crippen LogP contribution in [0.1, 0.15) is 61.6 Å². The third-order valence-corrected chi connectivity index (χ3v) is 4.08. The second-order valence-corrected chi connectivity index (χ2v) is 5.87. The monoisotopic (exact) mass is 297 g/mol. The molecular formula is C19H23NO2. The van der Waals surface area contributed by atoms with Gasteiger partial charge in [-0.25, -0.2) is 0 Å². The molecule has 1 heterocycles. The number of hydrogen-bond donors (Lipinski definition) is 0. The standard InChI is InChI=1S/C18H19NO2.CH4/c1-12(2)14-11-15-16(9-6-10-17(15)20)19(18(14)21)13-7-4-3-5-8-13;/h3-5,7-8,11-12H,6,9-10H2,1-2H3;1H4. The predicted molar refractivity (Wildman–Crippen MR) is 90.1 cm³/mol. The van der Waals surface area contributed by atoms with E-state index >= 15 is 0 Å². The van der Waals surface area contributed by atoms with Crippen LogP contribution in [0, 0.1) is 0 Å². The van der Waals surface area contributed by atoms with E-state index < -0.39 is 0 Å². The maximum atomic E-state index is 12.8. The van der Waals surface area contributed by atoms with Crippen LogP contribution in [0.5, 0.6) is 0 Å². The highest BCUT2D eigenvalue weighted by molar-refractivity contribution is 5.98. The summed E-state index contributed by atoms with van der Waals surface area (Å²) in [7, 11) is 0. The highest BCUT2D eigenvalue weighted by Crippen LogP contribution is 2.25. The van der Waals surface area contributed by atoms with Gasteiger partial charge in [-0.05, 0) is 37.0 Å². The summed E-state index contributed by atoms with van der Waals surface area (Å²) in [6.07, 6.45) is 2.18. The summed E-state index contributed by atoms with van der Waals surface area (Å²) in [6, 6.07) is 11.4. The number of rotatable bonds is 2. The number of para-hydroxylation sites is 1. The van der Waals surface area contributed by atoms with E-state index in [2.05, 4.69) is 0 Å². The van der Waals surface area contributed by atoms with Crippen molar-refractivity contribution in [2.24, 2.45) is 0 Å². The van der Waals surface area contributed by atoms with Crippen LogP contribution in [-0.2, 0) is 6.42 Å². The van der Waals surface area contributed by atoms with Gasteiger partial charge in [-0.2, -0.15) is 0 Å². The summed E-state index contributed by atoms with van der Waals surface area (Å²) < 4.78 is 1.74. The fourth-order valence-corrected chi connectivity index (χ4v) is 2.98. The van der Waals surface area contributed by atoms with Crippen LogP contribution in [0.4, 0.5) is 0 Å². The first-order valence-corrected chi connectivity index (χ1v) is 7.47.